The van der Waals surface area contributed by atoms with E-state index in [9.17, 15) is 0 Å². The van der Waals surface area contributed by atoms with Crippen LogP contribution in [0.3, 0.4) is 0 Å². The second kappa shape index (κ2) is 5.82. The number of hydrogen-bond acceptors (Lipinski definition) is 5. The molecule has 2 bridgehead atoms. The van der Waals surface area contributed by atoms with E-state index in [4.69, 9.17) is 15.8 Å². The zero-order chi connectivity index (χ0) is 17.6. The van der Waals surface area contributed by atoms with Gasteiger partial charge in [-0.1, -0.05) is 17.3 Å². The van der Waals surface area contributed by atoms with Crippen LogP contribution in [0.5, 0.6) is 0 Å². The van der Waals surface area contributed by atoms with Crippen LogP contribution in [0.25, 0.3) is 4.85 Å². The van der Waals surface area contributed by atoms with Gasteiger partial charge in [-0.25, -0.2) is 4.85 Å². The van der Waals surface area contributed by atoms with Crippen molar-refractivity contribution in [1.29, 1.82) is 0 Å². The van der Waals surface area contributed by atoms with Crippen LogP contribution < -0.4 is 5.32 Å². The third-order valence-electron chi connectivity index (χ3n) is 6.19. The lowest BCUT2D eigenvalue weighted by Crippen LogP contribution is -2.52. The average molecular weight is 350 g/mol. The number of benzene rings is 1. The van der Waals surface area contributed by atoms with Gasteiger partial charge in [0.05, 0.1) is 13.2 Å². The lowest BCUT2D eigenvalue weighted by atomic mass is 9.66. The van der Waals surface area contributed by atoms with E-state index < -0.39 is 0 Å². The molecule has 6 rings (SSSR count). The van der Waals surface area contributed by atoms with Gasteiger partial charge in [-0.3, -0.25) is 0 Å². The van der Waals surface area contributed by atoms with Crippen LogP contribution in [0.4, 0.5) is 11.4 Å². The van der Waals surface area contributed by atoms with Crippen molar-refractivity contribution < 1.29 is 9.26 Å². The highest BCUT2D eigenvalue weighted by atomic mass is 16.5. The number of nitrogens with zero attached hydrogens (tertiary/aromatic N) is 3. The maximum absolute atomic E-state index is 7.14. The molecule has 0 radical (unpaired) electrons. The predicted molar refractivity (Wildman–Crippen MR) is 96.0 cm³/mol. The van der Waals surface area contributed by atoms with Gasteiger partial charge in [0.1, 0.15) is 5.60 Å². The Kier molecular flexibility index (Phi) is 3.54. The van der Waals surface area contributed by atoms with Crippen LogP contribution in [0.15, 0.2) is 28.8 Å². The molecule has 2 saturated carbocycles. The van der Waals surface area contributed by atoms with Crippen LogP contribution in [-0.4, -0.2) is 23.3 Å². The highest BCUT2D eigenvalue weighted by molar-refractivity contribution is 5.57. The Labute approximate surface area is 152 Å². The molecule has 4 fully saturated rings. The van der Waals surface area contributed by atoms with E-state index in [0.29, 0.717) is 24.1 Å². The molecule has 2 aromatic rings. The molecule has 0 atom stereocenters. The fourth-order valence-electron chi connectivity index (χ4n) is 4.17. The highest BCUT2D eigenvalue weighted by Crippen LogP contribution is 2.53. The molecule has 3 heterocycles. The van der Waals surface area contributed by atoms with Gasteiger partial charge in [-0.15, -0.1) is 0 Å². The monoisotopic (exact) mass is 350 g/mol. The number of fused-ring (bicyclic) bond motifs is 3. The first-order valence-corrected chi connectivity index (χ1v) is 9.40. The molecule has 1 N–H and O–H groups in total. The normalized spacial score (nSPS) is 30.1. The van der Waals surface area contributed by atoms with Crippen LogP contribution in [0.2, 0.25) is 0 Å². The number of nitrogens with one attached hydrogen (secondary N) is 1. The molecule has 2 aliphatic heterocycles. The van der Waals surface area contributed by atoms with Crippen molar-refractivity contribution in [3.63, 3.8) is 0 Å². The summed E-state index contributed by atoms with van der Waals surface area (Å²) in [4.78, 5) is 8.15. The lowest BCUT2D eigenvalue weighted by Gasteiger charge is -2.51. The Morgan fingerprint density at radius 1 is 1.23 bits per heavy atom. The maximum Gasteiger partial charge on any atom is 0.258 e. The molecule has 1 aromatic carbocycles. The fourth-order valence-corrected chi connectivity index (χ4v) is 4.17. The molecule has 4 aliphatic rings. The van der Waals surface area contributed by atoms with Gasteiger partial charge in [0.2, 0.25) is 0 Å². The summed E-state index contributed by atoms with van der Waals surface area (Å²) in [6.45, 7) is 8.72. The van der Waals surface area contributed by atoms with Crippen LogP contribution >= 0.6 is 0 Å². The average Bonchev–Trinajstić information content (AvgIpc) is 3.44. The largest absolute Gasteiger partial charge is 0.385 e. The molecule has 1 aromatic heterocycles. The van der Waals surface area contributed by atoms with Crippen molar-refractivity contribution in [2.75, 3.05) is 18.5 Å². The molecule has 2 saturated heterocycles. The van der Waals surface area contributed by atoms with Crippen molar-refractivity contribution in [2.24, 2.45) is 5.41 Å². The first-order valence-electron chi connectivity index (χ1n) is 9.40. The molecule has 0 spiro atoms. The summed E-state index contributed by atoms with van der Waals surface area (Å²) in [6, 6.07) is 7.66. The predicted octanol–water partition coefficient (Wildman–Crippen LogP) is 4.40. The Morgan fingerprint density at radius 3 is 2.77 bits per heavy atom. The van der Waals surface area contributed by atoms with Gasteiger partial charge in [0.25, 0.3) is 5.89 Å². The maximum atomic E-state index is 7.14. The molecule has 0 amide bonds. The third-order valence-corrected chi connectivity index (χ3v) is 6.19. The number of aromatic nitrogens is 2. The first-order chi connectivity index (χ1) is 12.7. The molecule has 0 unspecified atom stereocenters. The van der Waals surface area contributed by atoms with Crippen LogP contribution in [0.1, 0.15) is 56.2 Å². The van der Waals surface area contributed by atoms with E-state index in [2.05, 4.69) is 20.3 Å². The SMILES string of the molecule is [C-]#[N+]c1cccc(NCC23CCC(c4nc(C5CC5)no4)(CC2)OC3)c1. The standard InChI is InChI=1S/C20H22N4O2/c1-21-15-3-2-4-16(11-15)22-12-19-7-9-20(10-8-19,25-13-19)18-23-17(24-26-18)14-5-6-14/h2-4,11,14,22H,5-10,12-13H2. The van der Waals surface area contributed by atoms with E-state index in [0.717, 1.165) is 43.7 Å². The minimum absolute atomic E-state index is 0.148. The summed E-state index contributed by atoms with van der Waals surface area (Å²) in [5.74, 6) is 2.05. The zero-order valence-electron chi connectivity index (χ0n) is 14.7. The van der Waals surface area contributed by atoms with Gasteiger partial charge >= 0.3 is 0 Å². The zero-order valence-corrected chi connectivity index (χ0v) is 14.7. The van der Waals surface area contributed by atoms with Gasteiger partial charge < -0.3 is 14.6 Å². The second-order valence-corrected chi connectivity index (χ2v) is 8.03. The number of anilines is 1. The summed E-state index contributed by atoms with van der Waals surface area (Å²) in [6.07, 6.45) is 6.39. The van der Waals surface area contributed by atoms with Crippen LogP contribution in [0, 0.1) is 12.0 Å². The number of rotatable bonds is 5. The Morgan fingerprint density at radius 2 is 2.08 bits per heavy atom. The quantitative estimate of drug-likeness (QED) is 0.810. The minimum atomic E-state index is -0.369. The smallest absolute Gasteiger partial charge is 0.258 e. The van der Waals surface area contributed by atoms with Crippen molar-refractivity contribution >= 4 is 11.4 Å². The third kappa shape index (κ3) is 2.67. The Hall–Kier alpha value is -2.39. The molecule has 2 aliphatic carbocycles. The summed E-state index contributed by atoms with van der Waals surface area (Å²) in [7, 11) is 0. The summed E-state index contributed by atoms with van der Waals surface area (Å²) >= 11 is 0. The number of hydrogen-bond donors (Lipinski definition) is 1. The van der Waals surface area contributed by atoms with Crippen molar-refractivity contribution in [3.8, 4) is 0 Å². The van der Waals surface area contributed by atoms with E-state index >= 15 is 0 Å². The molecule has 26 heavy (non-hydrogen) atoms. The molecular formula is C20H22N4O2. The van der Waals surface area contributed by atoms with E-state index in [-0.39, 0.29) is 11.0 Å². The summed E-state index contributed by atoms with van der Waals surface area (Å²) < 4.78 is 11.9. The Bertz CT molecular complexity index is 840. The van der Waals surface area contributed by atoms with E-state index in [1.165, 1.54) is 12.8 Å². The summed E-state index contributed by atoms with van der Waals surface area (Å²) in [5.41, 5.74) is 1.44. The lowest BCUT2D eigenvalue weighted by molar-refractivity contribution is -0.196. The summed E-state index contributed by atoms with van der Waals surface area (Å²) in [5, 5.41) is 7.68. The van der Waals surface area contributed by atoms with Crippen molar-refractivity contribution in [3.05, 3.63) is 47.4 Å². The van der Waals surface area contributed by atoms with Crippen LogP contribution in [-0.2, 0) is 10.3 Å². The van der Waals surface area contributed by atoms with Gasteiger partial charge in [-0.05, 0) is 50.7 Å². The molecule has 6 nitrogen and oxygen atoms in total. The molecular weight excluding hydrogens is 328 g/mol. The molecule has 134 valence electrons. The molecule has 6 heteroatoms. The van der Waals surface area contributed by atoms with Gasteiger partial charge in [-0.2, -0.15) is 4.98 Å². The van der Waals surface area contributed by atoms with Crippen molar-refractivity contribution in [1.82, 2.24) is 10.1 Å². The topological polar surface area (TPSA) is 64.5 Å². The van der Waals surface area contributed by atoms with Gasteiger partial charge in [0, 0.05) is 23.6 Å². The van der Waals surface area contributed by atoms with E-state index in [1.807, 2.05) is 24.3 Å². The van der Waals surface area contributed by atoms with Gasteiger partial charge in [0.15, 0.2) is 11.5 Å². The first kappa shape index (κ1) is 15.8. The highest BCUT2D eigenvalue weighted by Gasteiger charge is 2.53. The van der Waals surface area contributed by atoms with E-state index in [1.54, 1.807) is 0 Å². The fraction of sp³-hybridized carbons (Fsp3) is 0.550. The second-order valence-electron chi connectivity index (χ2n) is 8.03. The minimum Gasteiger partial charge on any atom is -0.385 e. The Balaban J connectivity index is 1.26. The number of ether oxygens (including phenoxy) is 1. The van der Waals surface area contributed by atoms with Crippen molar-refractivity contribution in [2.45, 2.75) is 50.0 Å².